The summed E-state index contributed by atoms with van der Waals surface area (Å²) < 4.78 is 39.1. The minimum Gasteiger partial charge on any atom is -0.394 e. The number of alkyl halides is 3. The van der Waals surface area contributed by atoms with Crippen LogP contribution in [0.2, 0.25) is 0 Å². The van der Waals surface area contributed by atoms with Gasteiger partial charge in [0.05, 0.1) is 12.6 Å². The van der Waals surface area contributed by atoms with Crippen LogP contribution in [0.15, 0.2) is 60.7 Å². The second-order valence-corrected chi connectivity index (χ2v) is 5.99. The topological polar surface area (TPSA) is 43.7 Å². The van der Waals surface area contributed by atoms with Crippen LogP contribution in [0.25, 0.3) is 0 Å². The molecule has 2 aromatic rings. The quantitative estimate of drug-likeness (QED) is 0.800. The van der Waals surface area contributed by atoms with Crippen molar-refractivity contribution < 1.29 is 23.4 Å². The zero-order valence-corrected chi connectivity index (χ0v) is 13.9. The van der Waals surface area contributed by atoms with Gasteiger partial charge in [-0.25, -0.2) is 0 Å². The van der Waals surface area contributed by atoms with Crippen molar-refractivity contribution in [1.82, 2.24) is 4.90 Å². The van der Waals surface area contributed by atoms with E-state index in [1.807, 2.05) is 6.07 Å². The summed E-state index contributed by atoms with van der Waals surface area (Å²) in [5, 5.41) is 19.6. The minimum atomic E-state index is -4.73. The number of aliphatic hydroxyl groups is 2. The van der Waals surface area contributed by atoms with Crippen LogP contribution in [0, 0.1) is 0 Å². The predicted molar refractivity (Wildman–Crippen MR) is 89.8 cm³/mol. The Kier molecular flexibility index (Phi) is 6.58. The number of benzene rings is 2. The molecule has 0 spiro atoms. The van der Waals surface area contributed by atoms with Gasteiger partial charge in [-0.3, -0.25) is 4.90 Å². The molecule has 0 aromatic heterocycles. The largest absolute Gasteiger partial charge is 0.415 e. The van der Waals surface area contributed by atoms with E-state index in [2.05, 4.69) is 0 Å². The third-order valence-electron chi connectivity index (χ3n) is 4.28. The van der Waals surface area contributed by atoms with Gasteiger partial charge in [0.25, 0.3) is 0 Å². The summed E-state index contributed by atoms with van der Waals surface area (Å²) in [6.07, 6.45) is -7.24. The van der Waals surface area contributed by atoms with Crippen LogP contribution in [-0.2, 0) is 6.54 Å². The average Bonchev–Trinajstić information content (AvgIpc) is 2.61. The third-order valence-corrected chi connectivity index (χ3v) is 4.28. The van der Waals surface area contributed by atoms with Crippen LogP contribution in [0.1, 0.15) is 24.1 Å². The molecule has 0 aliphatic rings. The number of hydrogen-bond acceptors (Lipinski definition) is 3. The summed E-state index contributed by atoms with van der Waals surface area (Å²) in [7, 11) is 0. The highest BCUT2D eigenvalue weighted by molar-refractivity contribution is 5.21. The van der Waals surface area contributed by atoms with Crippen LogP contribution in [0.3, 0.4) is 0 Å². The van der Waals surface area contributed by atoms with Crippen LogP contribution >= 0.6 is 0 Å². The molecule has 0 heterocycles. The molecule has 0 fully saturated rings. The van der Waals surface area contributed by atoms with Crippen molar-refractivity contribution in [1.29, 1.82) is 0 Å². The molecular formula is C19H22F3NO2. The highest BCUT2D eigenvalue weighted by Gasteiger charge is 2.45. The van der Waals surface area contributed by atoms with Gasteiger partial charge in [0.1, 0.15) is 0 Å². The van der Waals surface area contributed by atoms with E-state index in [1.54, 1.807) is 54.6 Å². The molecule has 0 saturated heterocycles. The Morgan fingerprint density at radius 3 is 1.96 bits per heavy atom. The van der Waals surface area contributed by atoms with E-state index in [1.165, 1.54) is 11.8 Å². The summed E-state index contributed by atoms with van der Waals surface area (Å²) in [5.74, 6) is 0. The first-order chi connectivity index (χ1) is 11.8. The number of nitrogens with zero attached hydrogens (tertiary/aromatic N) is 1. The van der Waals surface area contributed by atoms with Gasteiger partial charge in [0, 0.05) is 12.6 Å². The maximum Gasteiger partial charge on any atom is 0.415 e. The van der Waals surface area contributed by atoms with Crippen molar-refractivity contribution in [2.45, 2.75) is 37.8 Å². The molecule has 0 saturated carbocycles. The number of halogens is 3. The van der Waals surface area contributed by atoms with E-state index in [0.717, 1.165) is 5.56 Å². The maximum absolute atomic E-state index is 13.0. The Morgan fingerprint density at radius 1 is 0.960 bits per heavy atom. The van der Waals surface area contributed by atoms with Gasteiger partial charge in [-0.2, -0.15) is 13.2 Å². The highest BCUT2D eigenvalue weighted by atomic mass is 19.4. The maximum atomic E-state index is 13.0. The first kappa shape index (κ1) is 19.4. The predicted octanol–water partition coefficient (Wildman–Crippen LogP) is 3.53. The number of aliphatic hydroxyl groups excluding tert-OH is 2. The van der Waals surface area contributed by atoms with Gasteiger partial charge in [0.2, 0.25) is 0 Å². The Balaban J connectivity index is 2.36. The molecule has 2 aromatic carbocycles. The fraction of sp³-hybridized carbons (Fsp3) is 0.368. The number of rotatable bonds is 7. The van der Waals surface area contributed by atoms with Crippen LogP contribution in [0.5, 0.6) is 0 Å². The second-order valence-electron chi connectivity index (χ2n) is 5.99. The molecule has 6 heteroatoms. The van der Waals surface area contributed by atoms with E-state index >= 15 is 0 Å². The standard InChI is InChI=1S/C19H22F3NO2/c1-14(18(25)19(20,21)22)23(12-15-8-4-2-5-9-15)17(13-24)16-10-6-3-7-11-16/h2-11,14,17-18,24-25H,12-13H2,1H3/t14-,17-,18+/m0/s1. The molecule has 25 heavy (non-hydrogen) atoms. The van der Waals surface area contributed by atoms with Gasteiger partial charge in [0.15, 0.2) is 6.10 Å². The molecule has 0 bridgehead atoms. The minimum absolute atomic E-state index is 0.176. The van der Waals surface area contributed by atoms with Crippen molar-refractivity contribution in [3.8, 4) is 0 Å². The summed E-state index contributed by atoms with van der Waals surface area (Å²) in [4.78, 5) is 1.49. The van der Waals surface area contributed by atoms with Crippen molar-refractivity contribution >= 4 is 0 Å². The SMILES string of the molecule is C[C@@H]([C@@H](O)C(F)(F)F)N(Cc1ccccc1)[C@@H](CO)c1ccccc1. The molecule has 0 radical (unpaired) electrons. The van der Waals surface area contributed by atoms with Gasteiger partial charge in [-0.1, -0.05) is 60.7 Å². The van der Waals surface area contributed by atoms with Gasteiger partial charge in [-0.15, -0.1) is 0 Å². The lowest BCUT2D eigenvalue weighted by Gasteiger charge is -2.38. The van der Waals surface area contributed by atoms with Crippen molar-refractivity contribution in [2.75, 3.05) is 6.61 Å². The zero-order valence-electron chi connectivity index (χ0n) is 13.9. The highest BCUT2D eigenvalue weighted by Crippen LogP contribution is 2.31. The lowest BCUT2D eigenvalue weighted by atomic mass is 10.0. The molecule has 0 amide bonds. The molecule has 3 nitrogen and oxygen atoms in total. The molecule has 136 valence electrons. The average molecular weight is 353 g/mol. The van der Waals surface area contributed by atoms with Gasteiger partial charge >= 0.3 is 6.18 Å². The Bertz CT molecular complexity index is 634. The van der Waals surface area contributed by atoms with Crippen molar-refractivity contribution in [2.24, 2.45) is 0 Å². The summed E-state index contributed by atoms with van der Waals surface area (Å²) in [6.45, 7) is 1.15. The van der Waals surface area contributed by atoms with Crippen molar-refractivity contribution in [3.63, 3.8) is 0 Å². The number of hydrogen-bond donors (Lipinski definition) is 2. The third kappa shape index (κ3) is 5.04. The van der Waals surface area contributed by atoms with Gasteiger partial charge < -0.3 is 10.2 Å². The van der Waals surface area contributed by atoms with Crippen LogP contribution < -0.4 is 0 Å². The lowest BCUT2D eigenvalue weighted by Crippen LogP contribution is -2.50. The molecule has 2 N–H and O–H groups in total. The Labute approximate surface area is 145 Å². The Hall–Kier alpha value is -1.89. The smallest absolute Gasteiger partial charge is 0.394 e. The molecule has 0 unspecified atom stereocenters. The lowest BCUT2D eigenvalue weighted by molar-refractivity contribution is -0.223. The van der Waals surface area contributed by atoms with E-state index in [-0.39, 0.29) is 13.2 Å². The first-order valence-corrected chi connectivity index (χ1v) is 8.05. The molecular weight excluding hydrogens is 331 g/mol. The van der Waals surface area contributed by atoms with E-state index < -0.39 is 24.4 Å². The second kappa shape index (κ2) is 8.47. The van der Waals surface area contributed by atoms with E-state index in [0.29, 0.717) is 5.56 Å². The Morgan fingerprint density at radius 2 is 1.48 bits per heavy atom. The molecule has 3 atom stereocenters. The molecule has 2 rings (SSSR count). The van der Waals surface area contributed by atoms with E-state index in [9.17, 15) is 23.4 Å². The summed E-state index contributed by atoms with van der Waals surface area (Å²) in [5.41, 5.74) is 1.50. The first-order valence-electron chi connectivity index (χ1n) is 8.05. The summed E-state index contributed by atoms with van der Waals surface area (Å²) >= 11 is 0. The van der Waals surface area contributed by atoms with E-state index in [4.69, 9.17) is 0 Å². The molecule has 0 aliphatic carbocycles. The normalized spacial score (nSPS) is 15.8. The fourth-order valence-electron chi connectivity index (χ4n) is 2.86. The van der Waals surface area contributed by atoms with Gasteiger partial charge in [-0.05, 0) is 18.1 Å². The summed E-state index contributed by atoms with van der Waals surface area (Å²) in [6, 6.07) is 16.0. The van der Waals surface area contributed by atoms with Crippen LogP contribution in [0.4, 0.5) is 13.2 Å². The zero-order chi connectivity index (χ0) is 18.4. The monoisotopic (exact) mass is 353 g/mol. The van der Waals surface area contributed by atoms with Crippen molar-refractivity contribution in [3.05, 3.63) is 71.8 Å². The molecule has 0 aliphatic heterocycles. The van der Waals surface area contributed by atoms with Crippen LogP contribution in [-0.4, -0.2) is 40.0 Å². The fourth-order valence-corrected chi connectivity index (χ4v) is 2.86.